The molecule has 1 aliphatic rings. The molecule has 1 aromatic carbocycles. The highest BCUT2D eigenvalue weighted by atomic mass is 19.2. The van der Waals surface area contributed by atoms with Crippen LogP contribution in [-0.2, 0) is 4.74 Å². The minimum Gasteiger partial charge on any atom is -0.450 e. The van der Waals surface area contributed by atoms with Crippen LogP contribution in [0.3, 0.4) is 0 Å². The van der Waals surface area contributed by atoms with Gasteiger partial charge in [-0.2, -0.15) is 0 Å². The Bertz CT molecular complexity index is 872. The maximum Gasteiger partial charge on any atom is 0.409 e. The highest BCUT2D eigenvalue weighted by molar-refractivity contribution is 5.93. The maximum absolute atomic E-state index is 13.3. The van der Waals surface area contributed by atoms with Gasteiger partial charge in [-0.15, -0.1) is 0 Å². The Morgan fingerprint density at radius 3 is 2.46 bits per heavy atom. The van der Waals surface area contributed by atoms with Crippen molar-refractivity contribution in [3.63, 3.8) is 0 Å². The van der Waals surface area contributed by atoms with Gasteiger partial charge < -0.3 is 19.9 Å². The molecule has 10 heteroatoms. The Balaban J connectivity index is 1.64. The molecule has 2 amide bonds. The molecule has 0 bridgehead atoms. The molecule has 28 heavy (non-hydrogen) atoms. The Labute approximate surface area is 160 Å². The van der Waals surface area contributed by atoms with E-state index in [1.807, 2.05) is 0 Å². The lowest BCUT2D eigenvalue weighted by Gasteiger charge is -2.33. The van der Waals surface area contributed by atoms with Gasteiger partial charge in [-0.05, 0) is 19.1 Å². The summed E-state index contributed by atoms with van der Waals surface area (Å²) in [5.74, 6) is -1.98. The second kappa shape index (κ2) is 8.59. The quantitative estimate of drug-likeness (QED) is 0.861. The number of amides is 2. The standard InChI is InChI=1S/C18H19F2N5O3/c1-2-28-18(27)25-7-5-24(6-8-25)17(26)15-10-16(22-11-21-15)23-12-3-4-13(19)14(20)9-12/h3-4,9-11H,2,5-8H2,1H3,(H,21,22,23). The van der Waals surface area contributed by atoms with Crippen LogP contribution >= 0.6 is 0 Å². The number of ether oxygens (including phenoxy) is 1. The molecule has 8 nitrogen and oxygen atoms in total. The van der Waals surface area contributed by atoms with E-state index in [9.17, 15) is 18.4 Å². The first kappa shape index (κ1) is 19.5. The summed E-state index contributed by atoms with van der Waals surface area (Å²) >= 11 is 0. The van der Waals surface area contributed by atoms with Gasteiger partial charge in [0.1, 0.15) is 17.8 Å². The van der Waals surface area contributed by atoms with Crippen molar-refractivity contribution in [3.05, 3.63) is 47.9 Å². The largest absolute Gasteiger partial charge is 0.450 e. The number of hydrogen-bond acceptors (Lipinski definition) is 6. The first-order valence-electron chi connectivity index (χ1n) is 8.73. The van der Waals surface area contributed by atoms with Gasteiger partial charge in [-0.3, -0.25) is 4.79 Å². The van der Waals surface area contributed by atoms with Crippen LogP contribution in [-0.4, -0.2) is 64.6 Å². The first-order chi connectivity index (χ1) is 13.5. The molecular weight excluding hydrogens is 372 g/mol. The fraction of sp³-hybridized carbons (Fsp3) is 0.333. The van der Waals surface area contributed by atoms with Crippen molar-refractivity contribution in [2.75, 3.05) is 38.1 Å². The fourth-order valence-electron chi connectivity index (χ4n) is 2.73. The van der Waals surface area contributed by atoms with Gasteiger partial charge in [-0.25, -0.2) is 23.5 Å². The summed E-state index contributed by atoms with van der Waals surface area (Å²) in [7, 11) is 0. The lowest BCUT2D eigenvalue weighted by molar-refractivity contribution is 0.0566. The lowest BCUT2D eigenvalue weighted by atomic mass is 10.2. The van der Waals surface area contributed by atoms with E-state index in [4.69, 9.17) is 4.74 Å². The molecule has 2 heterocycles. The third kappa shape index (κ3) is 4.51. The van der Waals surface area contributed by atoms with Crippen LogP contribution in [0, 0.1) is 11.6 Å². The van der Waals surface area contributed by atoms with Gasteiger partial charge in [-0.1, -0.05) is 0 Å². The number of nitrogens with zero attached hydrogens (tertiary/aromatic N) is 4. The molecular formula is C18H19F2N5O3. The van der Waals surface area contributed by atoms with Gasteiger partial charge in [0.2, 0.25) is 0 Å². The number of rotatable bonds is 4. The number of nitrogens with one attached hydrogen (secondary N) is 1. The summed E-state index contributed by atoms with van der Waals surface area (Å²) in [5.41, 5.74) is 0.448. The predicted octanol–water partition coefficient (Wildman–Crippen LogP) is 2.41. The van der Waals surface area contributed by atoms with Gasteiger partial charge in [0.15, 0.2) is 11.6 Å². The van der Waals surface area contributed by atoms with E-state index in [2.05, 4.69) is 15.3 Å². The normalized spacial score (nSPS) is 14.0. The van der Waals surface area contributed by atoms with Gasteiger partial charge in [0.05, 0.1) is 6.61 Å². The van der Waals surface area contributed by atoms with Crippen molar-refractivity contribution in [1.82, 2.24) is 19.8 Å². The molecule has 1 fully saturated rings. The number of anilines is 2. The topological polar surface area (TPSA) is 87.7 Å². The molecule has 0 saturated carbocycles. The molecule has 0 aliphatic carbocycles. The van der Waals surface area contributed by atoms with Crippen LogP contribution in [0.4, 0.5) is 25.1 Å². The fourth-order valence-corrected chi connectivity index (χ4v) is 2.73. The van der Waals surface area contributed by atoms with Crippen LogP contribution in [0.2, 0.25) is 0 Å². The molecule has 1 N–H and O–H groups in total. The van der Waals surface area contributed by atoms with E-state index >= 15 is 0 Å². The van der Waals surface area contributed by atoms with Crippen LogP contribution in [0.15, 0.2) is 30.6 Å². The van der Waals surface area contributed by atoms with E-state index in [1.54, 1.807) is 16.7 Å². The average molecular weight is 391 g/mol. The Hall–Kier alpha value is -3.30. The van der Waals surface area contributed by atoms with Crippen molar-refractivity contribution < 1.29 is 23.1 Å². The van der Waals surface area contributed by atoms with Crippen LogP contribution in [0.5, 0.6) is 0 Å². The second-order valence-electron chi connectivity index (χ2n) is 6.02. The summed E-state index contributed by atoms with van der Waals surface area (Å²) in [6.45, 7) is 3.48. The van der Waals surface area contributed by atoms with E-state index in [0.717, 1.165) is 12.1 Å². The number of benzene rings is 1. The summed E-state index contributed by atoms with van der Waals surface area (Å²) in [4.78, 5) is 35.5. The molecule has 0 spiro atoms. The highest BCUT2D eigenvalue weighted by Crippen LogP contribution is 2.18. The molecule has 2 aromatic rings. The van der Waals surface area contributed by atoms with Crippen molar-refractivity contribution in [2.24, 2.45) is 0 Å². The predicted molar refractivity (Wildman–Crippen MR) is 96.2 cm³/mol. The van der Waals surface area contributed by atoms with Gasteiger partial charge in [0.25, 0.3) is 5.91 Å². The Morgan fingerprint density at radius 2 is 1.79 bits per heavy atom. The lowest BCUT2D eigenvalue weighted by Crippen LogP contribution is -2.50. The molecule has 0 radical (unpaired) electrons. The minimum atomic E-state index is -0.991. The number of hydrogen-bond donors (Lipinski definition) is 1. The number of carbonyl (C=O) groups excluding carboxylic acids is 2. The Kier molecular flexibility index (Phi) is 5.97. The van der Waals surface area contributed by atoms with E-state index in [0.29, 0.717) is 38.5 Å². The zero-order valence-corrected chi connectivity index (χ0v) is 15.2. The minimum absolute atomic E-state index is 0.157. The van der Waals surface area contributed by atoms with Crippen molar-refractivity contribution in [1.29, 1.82) is 0 Å². The van der Waals surface area contributed by atoms with Crippen molar-refractivity contribution >= 4 is 23.5 Å². The Morgan fingerprint density at radius 1 is 1.07 bits per heavy atom. The van der Waals surface area contributed by atoms with E-state index in [-0.39, 0.29) is 17.4 Å². The third-order valence-electron chi connectivity index (χ3n) is 4.17. The number of aromatic nitrogens is 2. The molecule has 0 atom stereocenters. The van der Waals surface area contributed by atoms with Crippen molar-refractivity contribution in [3.8, 4) is 0 Å². The van der Waals surface area contributed by atoms with Crippen LogP contribution in [0.1, 0.15) is 17.4 Å². The zero-order chi connectivity index (χ0) is 20.1. The van der Waals surface area contributed by atoms with E-state index in [1.165, 1.54) is 18.5 Å². The summed E-state index contributed by atoms with van der Waals surface area (Å²) in [6.07, 6.45) is 0.819. The monoisotopic (exact) mass is 391 g/mol. The first-order valence-corrected chi connectivity index (χ1v) is 8.73. The second-order valence-corrected chi connectivity index (χ2v) is 6.02. The molecule has 1 saturated heterocycles. The molecule has 3 rings (SSSR count). The highest BCUT2D eigenvalue weighted by Gasteiger charge is 2.26. The zero-order valence-electron chi connectivity index (χ0n) is 15.2. The van der Waals surface area contributed by atoms with E-state index < -0.39 is 17.7 Å². The summed E-state index contributed by atoms with van der Waals surface area (Å²) in [5, 5.41) is 2.81. The van der Waals surface area contributed by atoms with Gasteiger partial charge >= 0.3 is 6.09 Å². The molecule has 1 aromatic heterocycles. The van der Waals surface area contributed by atoms with Gasteiger partial charge in [0, 0.05) is 44.0 Å². The summed E-state index contributed by atoms with van der Waals surface area (Å²) < 4.78 is 31.3. The molecule has 148 valence electrons. The third-order valence-corrected chi connectivity index (χ3v) is 4.17. The maximum atomic E-state index is 13.3. The SMILES string of the molecule is CCOC(=O)N1CCN(C(=O)c2cc(Nc3ccc(F)c(F)c3)ncn2)CC1. The smallest absolute Gasteiger partial charge is 0.409 e. The average Bonchev–Trinajstić information content (AvgIpc) is 2.71. The molecule has 0 unspecified atom stereocenters. The van der Waals surface area contributed by atoms with Crippen LogP contribution < -0.4 is 5.32 Å². The number of piperazine rings is 1. The number of carbonyl (C=O) groups is 2. The molecule has 1 aliphatic heterocycles. The summed E-state index contributed by atoms with van der Waals surface area (Å²) in [6, 6.07) is 4.78. The van der Waals surface area contributed by atoms with Crippen LogP contribution in [0.25, 0.3) is 0 Å². The van der Waals surface area contributed by atoms with Crippen molar-refractivity contribution in [2.45, 2.75) is 6.92 Å². The number of halogens is 2.